The van der Waals surface area contributed by atoms with E-state index in [1.54, 1.807) is 23.9 Å². The van der Waals surface area contributed by atoms with Crippen molar-refractivity contribution >= 4 is 12.0 Å². The number of hydrogen-bond acceptors (Lipinski definition) is 3. The van der Waals surface area contributed by atoms with E-state index in [4.69, 9.17) is 4.74 Å². The lowest BCUT2D eigenvalue weighted by molar-refractivity contribution is -0.137. The van der Waals surface area contributed by atoms with Crippen molar-refractivity contribution in [3.05, 3.63) is 24.0 Å². The monoisotopic (exact) mass is 194 g/mol. The molecule has 1 aromatic heterocycles. The second kappa shape index (κ2) is 5.21. The molecule has 1 heterocycles. The largest absolute Gasteiger partial charge is 0.463 e. The predicted molar refractivity (Wildman–Crippen MR) is 53.6 cm³/mol. The maximum Gasteiger partial charge on any atom is 0.330 e. The van der Waals surface area contributed by atoms with Crippen LogP contribution in [0.15, 0.2) is 18.5 Å². The summed E-state index contributed by atoms with van der Waals surface area (Å²) in [5.74, 6) is -0.322. The topological polar surface area (TPSA) is 44.1 Å². The van der Waals surface area contributed by atoms with Gasteiger partial charge in [0.05, 0.1) is 12.8 Å². The first-order valence-electron chi connectivity index (χ1n) is 4.63. The quantitative estimate of drug-likeness (QED) is 0.538. The van der Waals surface area contributed by atoms with Crippen molar-refractivity contribution in [3.63, 3.8) is 0 Å². The first-order chi connectivity index (χ1) is 6.76. The predicted octanol–water partition coefficient (Wildman–Crippen LogP) is 1.48. The molecule has 0 saturated carbocycles. The van der Waals surface area contributed by atoms with Gasteiger partial charge in [-0.05, 0) is 19.9 Å². The molecule has 1 rings (SSSR count). The van der Waals surface area contributed by atoms with E-state index in [1.807, 2.05) is 13.1 Å². The second-order valence-electron chi connectivity index (χ2n) is 2.71. The van der Waals surface area contributed by atoms with Crippen molar-refractivity contribution in [2.45, 2.75) is 20.4 Å². The van der Waals surface area contributed by atoms with Gasteiger partial charge in [-0.15, -0.1) is 0 Å². The Labute approximate surface area is 83.2 Å². The zero-order chi connectivity index (χ0) is 10.4. The first-order valence-corrected chi connectivity index (χ1v) is 4.63. The lowest BCUT2D eigenvalue weighted by atomic mass is 10.3. The Morgan fingerprint density at radius 2 is 2.43 bits per heavy atom. The number of ether oxygens (including phenoxy) is 1. The molecule has 0 aliphatic heterocycles. The van der Waals surface area contributed by atoms with Crippen LogP contribution in [0.5, 0.6) is 0 Å². The van der Waals surface area contributed by atoms with Crippen molar-refractivity contribution in [2.24, 2.45) is 0 Å². The minimum atomic E-state index is -0.322. The van der Waals surface area contributed by atoms with Crippen LogP contribution in [-0.4, -0.2) is 22.4 Å². The number of nitrogens with zero attached hydrogens (tertiary/aromatic N) is 2. The van der Waals surface area contributed by atoms with Crippen LogP contribution in [0.25, 0.3) is 6.08 Å². The summed E-state index contributed by atoms with van der Waals surface area (Å²) in [6.07, 6.45) is 6.67. The minimum Gasteiger partial charge on any atom is -0.463 e. The molecule has 0 aliphatic carbocycles. The smallest absolute Gasteiger partial charge is 0.330 e. The Hall–Kier alpha value is -1.58. The number of carbonyl (C=O) groups is 1. The van der Waals surface area contributed by atoms with Gasteiger partial charge in [-0.3, -0.25) is 4.68 Å². The van der Waals surface area contributed by atoms with Gasteiger partial charge >= 0.3 is 5.97 Å². The summed E-state index contributed by atoms with van der Waals surface area (Å²) in [7, 11) is 0. The first kappa shape index (κ1) is 10.5. The van der Waals surface area contributed by atoms with Gasteiger partial charge in [0.25, 0.3) is 0 Å². The molecule has 0 fully saturated rings. The molecule has 14 heavy (non-hydrogen) atoms. The van der Waals surface area contributed by atoms with Crippen LogP contribution in [0.4, 0.5) is 0 Å². The fraction of sp³-hybridized carbons (Fsp3) is 0.400. The zero-order valence-corrected chi connectivity index (χ0v) is 8.43. The van der Waals surface area contributed by atoms with E-state index in [0.29, 0.717) is 6.61 Å². The molecule has 4 nitrogen and oxygen atoms in total. The average molecular weight is 194 g/mol. The molecule has 0 aromatic carbocycles. The highest BCUT2D eigenvalue weighted by molar-refractivity contribution is 5.86. The zero-order valence-electron chi connectivity index (χ0n) is 8.43. The van der Waals surface area contributed by atoms with Gasteiger partial charge in [0.1, 0.15) is 0 Å². The lowest BCUT2D eigenvalue weighted by Gasteiger charge is -1.93. The normalized spacial score (nSPS) is 10.7. The van der Waals surface area contributed by atoms with E-state index < -0.39 is 0 Å². The molecule has 0 unspecified atom stereocenters. The Bertz CT molecular complexity index is 329. The molecule has 0 saturated heterocycles. The maximum atomic E-state index is 11.0. The van der Waals surface area contributed by atoms with Crippen molar-refractivity contribution < 1.29 is 9.53 Å². The van der Waals surface area contributed by atoms with Crippen molar-refractivity contribution in [1.82, 2.24) is 9.78 Å². The summed E-state index contributed by atoms with van der Waals surface area (Å²) in [6.45, 7) is 5.01. The lowest BCUT2D eigenvalue weighted by Crippen LogP contribution is -1.98. The number of carbonyl (C=O) groups excluding carboxylic acids is 1. The molecule has 0 radical (unpaired) electrons. The van der Waals surface area contributed by atoms with E-state index in [9.17, 15) is 4.79 Å². The van der Waals surface area contributed by atoms with E-state index >= 15 is 0 Å². The molecule has 0 aliphatic rings. The molecule has 0 spiro atoms. The van der Waals surface area contributed by atoms with E-state index in [0.717, 1.165) is 12.1 Å². The third-order valence-corrected chi connectivity index (χ3v) is 1.68. The summed E-state index contributed by atoms with van der Waals surface area (Å²) < 4.78 is 6.54. The van der Waals surface area contributed by atoms with Gasteiger partial charge in [-0.2, -0.15) is 5.10 Å². The molecule has 76 valence electrons. The maximum absolute atomic E-state index is 11.0. The highest BCUT2D eigenvalue weighted by Gasteiger charge is 1.95. The Morgan fingerprint density at radius 3 is 3.00 bits per heavy atom. The fourth-order valence-electron chi connectivity index (χ4n) is 0.993. The SMILES string of the molecule is CCOC(=O)/C=C/c1cnn(CC)c1. The van der Waals surface area contributed by atoms with Crippen LogP contribution in [0.2, 0.25) is 0 Å². The molecule has 0 N–H and O–H groups in total. The third kappa shape index (κ3) is 3.05. The van der Waals surface area contributed by atoms with Crippen LogP contribution in [0, 0.1) is 0 Å². The molecular weight excluding hydrogens is 180 g/mol. The number of esters is 1. The van der Waals surface area contributed by atoms with E-state index in [-0.39, 0.29) is 5.97 Å². The van der Waals surface area contributed by atoms with E-state index in [1.165, 1.54) is 6.08 Å². The van der Waals surface area contributed by atoms with Crippen LogP contribution in [-0.2, 0) is 16.1 Å². The molecule has 4 heteroatoms. The summed E-state index contributed by atoms with van der Waals surface area (Å²) in [6, 6.07) is 0. The van der Waals surface area contributed by atoms with Gasteiger partial charge < -0.3 is 4.74 Å². The Morgan fingerprint density at radius 1 is 1.64 bits per heavy atom. The number of hydrogen-bond donors (Lipinski definition) is 0. The molecule has 1 aromatic rings. The summed E-state index contributed by atoms with van der Waals surface area (Å²) in [5.41, 5.74) is 0.903. The third-order valence-electron chi connectivity index (χ3n) is 1.68. The summed E-state index contributed by atoms with van der Waals surface area (Å²) in [5, 5.41) is 4.07. The van der Waals surface area contributed by atoms with Gasteiger partial charge in [0.15, 0.2) is 0 Å². The molecule has 0 bridgehead atoms. The van der Waals surface area contributed by atoms with Gasteiger partial charge in [0, 0.05) is 24.4 Å². The van der Waals surface area contributed by atoms with Crippen LogP contribution in [0.3, 0.4) is 0 Å². The van der Waals surface area contributed by atoms with E-state index in [2.05, 4.69) is 5.10 Å². The van der Waals surface area contributed by atoms with Gasteiger partial charge in [0.2, 0.25) is 0 Å². The highest BCUT2D eigenvalue weighted by atomic mass is 16.5. The van der Waals surface area contributed by atoms with Gasteiger partial charge in [-0.25, -0.2) is 4.79 Å². The average Bonchev–Trinajstić information content (AvgIpc) is 2.63. The Balaban J connectivity index is 2.55. The van der Waals surface area contributed by atoms with Crippen molar-refractivity contribution in [1.29, 1.82) is 0 Å². The number of aromatic nitrogens is 2. The summed E-state index contributed by atoms with van der Waals surface area (Å²) in [4.78, 5) is 11.0. The highest BCUT2D eigenvalue weighted by Crippen LogP contribution is 2.00. The van der Waals surface area contributed by atoms with Crippen molar-refractivity contribution in [3.8, 4) is 0 Å². The van der Waals surface area contributed by atoms with Crippen molar-refractivity contribution in [2.75, 3.05) is 6.61 Å². The second-order valence-corrected chi connectivity index (χ2v) is 2.71. The number of aryl methyl sites for hydroxylation is 1. The minimum absolute atomic E-state index is 0.322. The summed E-state index contributed by atoms with van der Waals surface area (Å²) >= 11 is 0. The van der Waals surface area contributed by atoms with Crippen LogP contribution >= 0.6 is 0 Å². The Kier molecular flexibility index (Phi) is 3.91. The fourth-order valence-corrected chi connectivity index (χ4v) is 0.993. The van der Waals surface area contributed by atoms with Crippen LogP contribution < -0.4 is 0 Å². The van der Waals surface area contributed by atoms with Gasteiger partial charge in [-0.1, -0.05) is 0 Å². The standard InChI is InChI=1S/C10H14N2O2/c1-3-12-8-9(7-11-12)5-6-10(13)14-4-2/h5-8H,3-4H2,1-2H3/b6-5+. The molecule has 0 atom stereocenters. The molecule has 0 amide bonds. The molecular formula is C10H14N2O2. The number of rotatable bonds is 4. The van der Waals surface area contributed by atoms with Crippen LogP contribution in [0.1, 0.15) is 19.4 Å².